The number of aliphatic hydroxyl groups excluding tert-OH is 1. The summed E-state index contributed by atoms with van der Waals surface area (Å²) < 4.78 is 5.78. The lowest BCUT2D eigenvalue weighted by Crippen LogP contribution is -2.38. The molecule has 1 N–H and O–H groups in total. The van der Waals surface area contributed by atoms with Crippen molar-refractivity contribution in [2.75, 3.05) is 38.6 Å². The molecule has 0 unspecified atom stereocenters. The number of aliphatic hydroxyl groups is 1. The summed E-state index contributed by atoms with van der Waals surface area (Å²) >= 11 is 1.95. The largest absolute Gasteiger partial charge is 0.396 e. The summed E-state index contributed by atoms with van der Waals surface area (Å²) in [7, 11) is 0. The minimum absolute atomic E-state index is 0.231. The van der Waals surface area contributed by atoms with E-state index in [9.17, 15) is 0 Å². The standard InChI is InChI=1S/C18H29NO2S/c1-15-4-5-18(14-16(15)2)22-13-10-19-8-6-17(7-9-19)21-12-3-11-20/h4-5,14,17,20H,3,6-13H2,1-2H3. The van der Waals surface area contributed by atoms with Gasteiger partial charge in [0.25, 0.3) is 0 Å². The molecule has 0 bridgehead atoms. The van der Waals surface area contributed by atoms with Crippen LogP contribution in [0.4, 0.5) is 0 Å². The van der Waals surface area contributed by atoms with Crippen molar-refractivity contribution >= 4 is 11.8 Å². The van der Waals surface area contributed by atoms with Gasteiger partial charge in [0.15, 0.2) is 0 Å². The van der Waals surface area contributed by atoms with Gasteiger partial charge >= 0.3 is 0 Å². The number of thioether (sulfide) groups is 1. The Bertz CT molecular complexity index is 445. The predicted octanol–water partition coefficient (Wildman–Crippen LogP) is 3.26. The molecule has 0 atom stereocenters. The zero-order valence-electron chi connectivity index (χ0n) is 13.9. The van der Waals surface area contributed by atoms with E-state index in [0.717, 1.165) is 44.6 Å². The predicted molar refractivity (Wildman–Crippen MR) is 93.8 cm³/mol. The SMILES string of the molecule is Cc1ccc(SCCN2CCC(OCCCO)CC2)cc1C. The molecule has 0 aromatic heterocycles. The first-order valence-electron chi connectivity index (χ1n) is 8.34. The van der Waals surface area contributed by atoms with Gasteiger partial charge in [0.05, 0.1) is 6.10 Å². The second kappa shape index (κ2) is 9.56. The fourth-order valence-corrected chi connectivity index (χ4v) is 3.72. The van der Waals surface area contributed by atoms with E-state index in [1.54, 1.807) is 0 Å². The van der Waals surface area contributed by atoms with Crippen molar-refractivity contribution in [3.8, 4) is 0 Å². The summed E-state index contributed by atoms with van der Waals surface area (Å²) in [6, 6.07) is 6.74. The van der Waals surface area contributed by atoms with E-state index in [0.29, 0.717) is 12.7 Å². The maximum absolute atomic E-state index is 8.77. The summed E-state index contributed by atoms with van der Waals surface area (Å²) in [5.74, 6) is 1.15. The molecule has 0 amide bonds. The molecule has 22 heavy (non-hydrogen) atoms. The van der Waals surface area contributed by atoms with Crippen LogP contribution in [0.3, 0.4) is 0 Å². The van der Waals surface area contributed by atoms with Crippen molar-refractivity contribution in [3.05, 3.63) is 29.3 Å². The molecule has 1 aliphatic rings. The Balaban J connectivity index is 1.61. The van der Waals surface area contributed by atoms with Crippen LogP contribution in [0.2, 0.25) is 0 Å². The highest BCUT2D eigenvalue weighted by atomic mass is 32.2. The van der Waals surface area contributed by atoms with Crippen LogP contribution in [0.15, 0.2) is 23.1 Å². The van der Waals surface area contributed by atoms with Gasteiger partial charge in [-0.15, -0.1) is 11.8 Å². The van der Waals surface area contributed by atoms with Gasteiger partial charge in [-0.05, 0) is 56.4 Å². The van der Waals surface area contributed by atoms with Crippen molar-refractivity contribution in [3.63, 3.8) is 0 Å². The highest BCUT2D eigenvalue weighted by molar-refractivity contribution is 7.99. The van der Waals surface area contributed by atoms with Crippen LogP contribution >= 0.6 is 11.8 Å². The molecule has 1 aromatic carbocycles. The lowest BCUT2D eigenvalue weighted by molar-refractivity contribution is 0.00349. The Hall–Kier alpha value is -0.550. The van der Waals surface area contributed by atoms with Crippen LogP contribution in [-0.4, -0.2) is 54.7 Å². The van der Waals surface area contributed by atoms with Gasteiger partial charge < -0.3 is 14.7 Å². The molecule has 1 fully saturated rings. The molecule has 0 aliphatic carbocycles. The Morgan fingerprint density at radius 2 is 2.00 bits per heavy atom. The van der Waals surface area contributed by atoms with Crippen LogP contribution < -0.4 is 0 Å². The summed E-state index contributed by atoms with van der Waals surface area (Å²) in [5.41, 5.74) is 2.75. The number of rotatable bonds is 8. The van der Waals surface area contributed by atoms with Crippen LogP contribution in [0.1, 0.15) is 30.4 Å². The molecular formula is C18H29NO2S. The number of hydrogen-bond donors (Lipinski definition) is 1. The summed E-state index contributed by atoms with van der Waals surface area (Å²) in [6.45, 7) is 8.70. The molecule has 1 aliphatic heterocycles. The van der Waals surface area contributed by atoms with Crippen molar-refractivity contribution in [1.29, 1.82) is 0 Å². The first-order valence-corrected chi connectivity index (χ1v) is 9.32. The van der Waals surface area contributed by atoms with Crippen LogP contribution in [0.5, 0.6) is 0 Å². The molecule has 1 aromatic rings. The average molecular weight is 324 g/mol. The second-order valence-electron chi connectivity index (χ2n) is 6.08. The average Bonchev–Trinajstić information content (AvgIpc) is 2.53. The second-order valence-corrected chi connectivity index (χ2v) is 7.25. The smallest absolute Gasteiger partial charge is 0.0599 e. The van der Waals surface area contributed by atoms with E-state index in [1.807, 2.05) is 11.8 Å². The van der Waals surface area contributed by atoms with E-state index in [-0.39, 0.29) is 6.61 Å². The molecule has 0 radical (unpaired) electrons. The fraction of sp³-hybridized carbons (Fsp3) is 0.667. The molecule has 1 heterocycles. The summed E-state index contributed by atoms with van der Waals surface area (Å²) in [4.78, 5) is 3.92. The fourth-order valence-electron chi connectivity index (χ4n) is 2.71. The first kappa shape index (κ1) is 17.8. The van der Waals surface area contributed by atoms with Crippen molar-refractivity contribution in [2.45, 2.75) is 44.1 Å². The van der Waals surface area contributed by atoms with E-state index in [1.165, 1.54) is 16.0 Å². The normalized spacial score (nSPS) is 17.0. The molecule has 0 spiro atoms. The number of likely N-dealkylation sites (tertiary alicyclic amines) is 1. The Morgan fingerprint density at radius 1 is 1.23 bits per heavy atom. The van der Waals surface area contributed by atoms with Crippen molar-refractivity contribution < 1.29 is 9.84 Å². The molecule has 2 rings (SSSR count). The zero-order chi connectivity index (χ0) is 15.8. The number of aryl methyl sites for hydroxylation is 2. The number of ether oxygens (including phenoxy) is 1. The van der Waals surface area contributed by atoms with Gasteiger partial charge in [0.1, 0.15) is 0 Å². The minimum atomic E-state index is 0.231. The molecule has 1 saturated heterocycles. The summed E-state index contributed by atoms with van der Waals surface area (Å²) in [5, 5.41) is 8.77. The number of piperidine rings is 1. The third kappa shape index (κ3) is 5.92. The van der Waals surface area contributed by atoms with E-state index >= 15 is 0 Å². The topological polar surface area (TPSA) is 32.7 Å². The summed E-state index contributed by atoms with van der Waals surface area (Å²) in [6.07, 6.45) is 3.40. The lowest BCUT2D eigenvalue weighted by atomic mass is 10.1. The molecule has 4 heteroatoms. The third-order valence-electron chi connectivity index (χ3n) is 4.35. The van der Waals surface area contributed by atoms with Gasteiger partial charge in [0.2, 0.25) is 0 Å². The Kier molecular flexibility index (Phi) is 7.73. The van der Waals surface area contributed by atoms with Crippen molar-refractivity contribution in [1.82, 2.24) is 4.90 Å². The molecule has 124 valence electrons. The zero-order valence-corrected chi connectivity index (χ0v) is 14.7. The van der Waals surface area contributed by atoms with Crippen LogP contribution in [0.25, 0.3) is 0 Å². The van der Waals surface area contributed by atoms with Gasteiger partial charge in [-0.2, -0.15) is 0 Å². The number of nitrogens with zero attached hydrogens (tertiary/aromatic N) is 1. The Labute approximate surface area is 139 Å². The van der Waals surface area contributed by atoms with Crippen LogP contribution in [0, 0.1) is 13.8 Å². The number of hydrogen-bond acceptors (Lipinski definition) is 4. The van der Waals surface area contributed by atoms with Crippen LogP contribution in [-0.2, 0) is 4.74 Å². The maximum atomic E-state index is 8.77. The van der Waals surface area contributed by atoms with Gasteiger partial charge in [0, 0.05) is 43.5 Å². The van der Waals surface area contributed by atoms with Gasteiger partial charge in [-0.25, -0.2) is 0 Å². The van der Waals surface area contributed by atoms with E-state index in [4.69, 9.17) is 9.84 Å². The molecular weight excluding hydrogens is 294 g/mol. The Morgan fingerprint density at radius 3 is 2.68 bits per heavy atom. The molecule has 3 nitrogen and oxygen atoms in total. The number of benzene rings is 1. The maximum Gasteiger partial charge on any atom is 0.0599 e. The van der Waals surface area contributed by atoms with Crippen molar-refractivity contribution in [2.24, 2.45) is 0 Å². The third-order valence-corrected chi connectivity index (χ3v) is 5.32. The highest BCUT2D eigenvalue weighted by Crippen LogP contribution is 2.22. The first-order chi connectivity index (χ1) is 10.7. The quantitative estimate of drug-likeness (QED) is 0.588. The van der Waals surface area contributed by atoms with E-state index in [2.05, 4.69) is 36.9 Å². The molecule has 0 saturated carbocycles. The lowest BCUT2D eigenvalue weighted by Gasteiger charge is -2.31. The minimum Gasteiger partial charge on any atom is -0.396 e. The van der Waals surface area contributed by atoms with Gasteiger partial charge in [-0.1, -0.05) is 6.07 Å². The van der Waals surface area contributed by atoms with Gasteiger partial charge in [-0.3, -0.25) is 0 Å². The monoisotopic (exact) mass is 323 g/mol. The highest BCUT2D eigenvalue weighted by Gasteiger charge is 2.19. The van der Waals surface area contributed by atoms with E-state index < -0.39 is 0 Å².